The van der Waals surface area contributed by atoms with Gasteiger partial charge in [-0.3, -0.25) is 0 Å². The minimum atomic E-state index is -1.82. The third-order valence-electron chi connectivity index (χ3n) is 3.51. The Morgan fingerprint density at radius 1 is 1.08 bits per heavy atom. The predicted molar refractivity (Wildman–Crippen MR) is 100 cm³/mol. The number of methoxy groups -OCH3 is 1. The first-order chi connectivity index (χ1) is 12.3. The lowest BCUT2D eigenvalue weighted by molar-refractivity contribution is -0.159. The molecule has 0 aromatic heterocycles. The number of aliphatic carboxylic acids is 2. The van der Waals surface area contributed by atoms with Gasteiger partial charge in [-0.05, 0) is 62.0 Å². The lowest BCUT2D eigenvalue weighted by Crippen LogP contribution is -2.19. The van der Waals surface area contributed by atoms with Crippen molar-refractivity contribution in [2.45, 2.75) is 39.5 Å². The summed E-state index contributed by atoms with van der Waals surface area (Å²) >= 11 is 0. The molecule has 0 saturated heterocycles. The SMILES string of the molecule is COCCCNCCCOc1ccc(C(C)C)c(C)c1.O=C(O)C(=O)O. The molecule has 0 aliphatic rings. The molecular formula is C19H31NO6. The molecule has 1 aromatic rings. The highest BCUT2D eigenvalue weighted by atomic mass is 16.5. The molecular weight excluding hydrogens is 338 g/mol. The quantitative estimate of drug-likeness (QED) is 0.430. The number of carboxylic acids is 2. The van der Waals surface area contributed by atoms with E-state index in [-0.39, 0.29) is 0 Å². The molecule has 7 nitrogen and oxygen atoms in total. The number of carboxylic acid groups (broad SMARTS) is 2. The molecule has 0 heterocycles. The van der Waals surface area contributed by atoms with Crippen LogP contribution in [0.4, 0.5) is 0 Å². The highest BCUT2D eigenvalue weighted by Crippen LogP contribution is 2.23. The summed E-state index contributed by atoms with van der Waals surface area (Å²) in [6.07, 6.45) is 2.09. The molecule has 0 spiro atoms. The van der Waals surface area contributed by atoms with Crippen LogP contribution >= 0.6 is 0 Å². The van der Waals surface area contributed by atoms with E-state index in [1.54, 1.807) is 7.11 Å². The summed E-state index contributed by atoms with van der Waals surface area (Å²) in [5.74, 6) is -2.10. The fraction of sp³-hybridized carbons (Fsp3) is 0.579. The number of rotatable bonds is 10. The van der Waals surface area contributed by atoms with Crippen LogP contribution in [-0.2, 0) is 14.3 Å². The highest BCUT2D eigenvalue weighted by molar-refractivity contribution is 6.27. The van der Waals surface area contributed by atoms with Crippen LogP contribution < -0.4 is 10.1 Å². The van der Waals surface area contributed by atoms with E-state index in [1.807, 2.05) is 0 Å². The van der Waals surface area contributed by atoms with E-state index in [4.69, 9.17) is 29.3 Å². The summed E-state index contributed by atoms with van der Waals surface area (Å²) in [5, 5.41) is 18.2. The number of ether oxygens (including phenoxy) is 2. The van der Waals surface area contributed by atoms with Gasteiger partial charge in [-0.25, -0.2) is 9.59 Å². The highest BCUT2D eigenvalue weighted by Gasteiger charge is 2.05. The lowest BCUT2D eigenvalue weighted by Gasteiger charge is -2.12. The number of hydrogen-bond donors (Lipinski definition) is 3. The Morgan fingerprint density at radius 3 is 2.12 bits per heavy atom. The molecule has 0 atom stereocenters. The van der Waals surface area contributed by atoms with Crippen LogP contribution in [0.15, 0.2) is 18.2 Å². The van der Waals surface area contributed by atoms with Gasteiger partial charge in [0.1, 0.15) is 5.75 Å². The maximum atomic E-state index is 9.10. The van der Waals surface area contributed by atoms with Gasteiger partial charge < -0.3 is 25.0 Å². The van der Waals surface area contributed by atoms with Crippen molar-refractivity contribution in [2.75, 3.05) is 33.4 Å². The molecule has 0 radical (unpaired) electrons. The lowest BCUT2D eigenvalue weighted by atomic mass is 9.98. The van der Waals surface area contributed by atoms with Crippen molar-refractivity contribution in [3.8, 4) is 5.75 Å². The van der Waals surface area contributed by atoms with Crippen molar-refractivity contribution < 1.29 is 29.3 Å². The molecule has 26 heavy (non-hydrogen) atoms. The van der Waals surface area contributed by atoms with E-state index >= 15 is 0 Å². The van der Waals surface area contributed by atoms with Crippen molar-refractivity contribution in [1.82, 2.24) is 5.32 Å². The third-order valence-corrected chi connectivity index (χ3v) is 3.51. The number of carbonyl (C=O) groups is 2. The Hall–Kier alpha value is -2.12. The van der Waals surface area contributed by atoms with Crippen LogP contribution in [0.5, 0.6) is 5.75 Å². The number of nitrogens with one attached hydrogen (secondary N) is 1. The Bertz CT molecular complexity index is 533. The molecule has 1 aromatic carbocycles. The smallest absolute Gasteiger partial charge is 0.414 e. The Morgan fingerprint density at radius 2 is 1.65 bits per heavy atom. The maximum Gasteiger partial charge on any atom is 0.414 e. The zero-order valence-corrected chi connectivity index (χ0v) is 16.1. The van der Waals surface area contributed by atoms with Crippen LogP contribution in [0.1, 0.15) is 43.7 Å². The molecule has 0 fully saturated rings. The van der Waals surface area contributed by atoms with Crippen molar-refractivity contribution in [2.24, 2.45) is 0 Å². The Balaban J connectivity index is 0.000000896. The summed E-state index contributed by atoms with van der Waals surface area (Å²) in [6.45, 7) is 10.2. The number of hydrogen-bond acceptors (Lipinski definition) is 5. The molecule has 0 saturated carbocycles. The largest absolute Gasteiger partial charge is 0.494 e. The first-order valence-corrected chi connectivity index (χ1v) is 8.68. The van der Waals surface area contributed by atoms with E-state index in [0.717, 1.165) is 44.9 Å². The van der Waals surface area contributed by atoms with E-state index in [0.29, 0.717) is 5.92 Å². The molecule has 0 unspecified atom stereocenters. The minimum absolute atomic E-state index is 0.570. The van der Waals surface area contributed by atoms with Crippen molar-refractivity contribution in [3.05, 3.63) is 29.3 Å². The summed E-state index contributed by atoms with van der Waals surface area (Å²) in [7, 11) is 1.74. The summed E-state index contributed by atoms with van der Waals surface area (Å²) < 4.78 is 10.8. The molecule has 0 amide bonds. The van der Waals surface area contributed by atoms with E-state index in [9.17, 15) is 0 Å². The molecule has 7 heteroatoms. The normalized spacial score (nSPS) is 10.2. The van der Waals surface area contributed by atoms with Crippen molar-refractivity contribution >= 4 is 11.9 Å². The summed E-state index contributed by atoms with van der Waals surface area (Å²) in [6, 6.07) is 6.40. The van der Waals surface area contributed by atoms with Crippen LogP contribution in [0, 0.1) is 6.92 Å². The van der Waals surface area contributed by atoms with Gasteiger partial charge in [-0.1, -0.05) is 19.9 Å². The van der Waals surface area contributed by atoms with Gasteiger partial charge in [0.25, 0.3) is 0 Å². The van der Waals surface area contributed by atoms with Gasteiger partial charge in [-0.2, -0.15) is 0 Å². The minimum Gasteiger partial charge on any atom is -0.494 e. The third kappa shape index (κ3) is 11.4. The van der Waals surface area contributed by atoms with E-state index in [1.165, 1.54) is 11.1 Å². The van der Waals surface area contributed by atoms with Gasteiger partial charge in [0, 0.05) is 13.7 Å². The van der Waals surface area contributed by atoms with Crippen molar-refractivity contribution in [1.29, 1.82) is 0 Å². The standard InChI is InChI=1S/C17H29NO2.C2H2O4/c1-14(2)17-8-7-16(13-15(17)3)20-12-6-10-18-9-5-11-19-4;3-1(4)2(5)6/h7-8,13-14,18H,5-6,9-12H2,1-4H3;(H,3,4)(H,5,6). The van der Waals surface area contributed by atoms with Gasteiger partial charge in [-0.15, -0.1) is 0 Å². The van der Waals surface area contributed by atoms with Gasteiger partial charge in [0.15, 0.2) is 0 Å². The van der Waals surface area contributed by atoms with Gasteiger partial charge >= 0.3 is 11.9 Å². The molecule has 0 bridgehead atoms. The number of aryl methyl sites for hydroxylation is 1. The zero-order chi connectivity index (χ0) is 19.9. The zero-order valence-electron chi connectivity index (χ0n) is 16.1. The van der Waals surface area contributed by atoms with Crippen LogP contribution in [0.3, 0.4) is 0 Å². The van der Waals surface area contributed by atoms with Gasteiger partial charge in [0.2, 0.25) is 0 Å². The average Bonchev–Trinajstić information content (AvgIpc) is 2.57. The van der Waals surface area contributed by atoms with Crippen molar-refractivity contribution in [3.63, 3.8) is 0 Å². The first-order valence-electron chi connectivity index (χ1n) is 8.68. The first kappa shape index (κ1) is 23.9. The fourth-order valence-electron chi connectivity index (χ4n) is 2.24. The van der Waals surface area contributed by atoms with E-state index in [2.05, 4.69) is 44.3 Å². The van der Waals surface area contributed by atoms with Crippen LogP contribution in [0.2, 0.25) is 0 Å². The monoisotopic (exact) mass is 369 g/mol. The molecule has 0 aliphatic heterocycles. The molecule has 1 rings (SSSR count). The molecule has 3 N–H and O–H groups in total. The Kier molecular flexibility index (Phi) is 12.9. The maximum absolute atomic E-state index is 9.10. The average molecular weight is 369 g/mol. The topological polar surface area (TPSA) is 105 Å². The summed E-state index contributed by atoms with van der Waals surface area (Å²) in [4.78, 5) is 18.2. The summed E-state index contributed by atoms with van der Waals surface area (Å²) in [5.41, 5.74) is 2.72. The fourth-order valence-corrected chi connectivity index (χ4v) is 2.24. The Labute approximate surface area is 155 Å². The molecule has 0 aliphatic carbocycles. The second-order valence-electron chi connectivity index (χ2n) is 6.08. The second-order valence-corrected chi connectivity index (χ2v) is 6.08. The predicted octanol–water partition coefficient (Wildman–Crippen LogP) is 2.67. The van der Waals surface area contributed by atoms with Crippen LogP contribution in [0.25, 0.3) is 0 Å². The number of benzene rings is 1. The van der Waals surface area contributed by atoms with E-state index < -0.39 is 11.9 Å². The second kappa shape index (κ2) is 14.1. The molecule has 148 valence electrons. The van der Waals surface area contributed by atoms with Gasteiger partial charge in [0.05, 0.1) is 6.61 Å². The van der Waals surface area contributed by atoms with Crippen LogP contribution in [-0.4, -0.2) is 55.6 Å².